The maximum atomic E-state index is 12.9. The van der Waals surface area contributed by atoms with Crippen LogP contribution in [0.3, 0.4) is 0 Å². The number of nitrogen functional groups attached to an aromatic ring is 1. The number of anilines is 2. The summed E-state index contributed by atoms with van der Waals surface area (Å²) in [4.78, 5) is 15.4. The summed E-state index contributed by atoms with van der Waals surface area (Å²) in [5, 5.41) is 2.70. The number of benzene rings is 1. The maximum Gasteiger partial charge on any atom is 0.416 e. The quantitative estimate of drug-likeness (QED) is 0.456. The highest BCUT2D eigenvalue weighted by molar-refractivity contribution is 5.94. The molecule has 2 rings (SSSR count). The molecule has 0 bridgehead atoms. The number of ether oxygens (including phenoxy) is 1. The van der Waals surface area contributed by atoms with Crippen molar-refractivity contribution in [3.8, 4) is 5.75 Å². The van der Waals surface area contributed by atoms with Crippen LogP contribution < -0.4 is 21.3 Å². The smallest absolute Gasteiger partial charge is 0.416 e. The molecule has 0 atom stereocenters. The number of rotatable bonds is 4. The molecule has 0 aliphatic heterocycles. The average molecular weight is 326 g/mol. The van der Waals surface area contributed by atoms with Crippen LogP contribution >= 0.6 is 0 Å². The average Bonchev–Trinajstić information content (AvgIpc) is 2.53. The molecule has 0 saturated heterocycles. The SMILES string of the molecule is COc1cc(Nc2cc(C(=O)NN)ccn2)cc(C(F)(F)F)c1. The molecule has 0 aliphatic carbocycles. The van der Waals surface area contributed by atoms with Gasteiger partial charge < -0.3 is 10.1 Å². The first kappa shape index (κ1) is 16.6. The number of carbonyl (C=O) groups excluding carboxylic acids is 1. The molecule has 9 heteroatoms. The van der Waals surface area contributed by atoms with Crippen LogP contribution in [0, 0.1) is 0 Å². The van der Waals surface area contributed by atoms with E-state index in [0.717, 1.165) is 12.1 Å². The molecular weight excluding hydrogens is 313 g/mol. The number of pyridine rings is 1. The van der Waals surface area contributed by atoms with Gasteiger partial charge in [-0.25, -0.2) is 10.8 Å². The number of nitrogens with one attached hydrogen (secondary N) is 2. The number of aromatic nitrogens is 1. The number of hydrazine groups is 1. The number of hydrogen-bond acceptors (Lipinski definition) is 5. The first-order chi connectivity index (χ1) is 10.8. The lowest BCUT2D eigenvalue weighted by atomic mass is 10.1. The van der Waals surface area contributed by atoms with Crippen LogP contribution in [0.25, 0.3) is 0 Å². The molecular formula is C14H13F3N4O2. The Hall–Kier alpha value is -2.81. The Morgan fingerprint density at radius 3 is 2.61 bits per heavy atom. The van der Waals surface area contributed by atoms with Crippen LogP contribution in [0.5, 0.6) is 5.75 Å². The van der Waals surface area contributed by atoms with Crippen molar-refractivity contribution in [2.24, 2.45) is 5.84 Å². The summed E-state index contributed by atoms with van der Waals surface area (Å²) in [7, 11) is 1.27. The number of carbonyl (C=O) groups is 1. The second-order valence-electron chi connectivity index (χ2n) is 4.48. The number of alkyl halides is 3. The van der Waals surface area contributed by atoms with Crippen LogP contribution in [0.4, 0.5) is 24.7 Å². The summed E-state index contributed by atoms with van der Waals surface area (Å²) in [6, 6.07) is 5.96. The maximum absolute atomic E-state index is 12.9. The van der Waals surface area contributed by atoms with Crippen molar-refractivity contribution in [3.63, 3.8) is 0 Å². The van der Waals surface area contributed by atoms with E-state index < -0.39 is 17.6 Å². The molecule has 0 saturated carbocycles. The topological polar surface area (TPSA) is 89.3 Å². The van der Waals surface area contributed by atoms with Gasteiger partial charge in [0.25, 0.3) is 5.91 Å². The van der Waals surface area contributed by atoms with Crippen molar-refractivity contribution in [3.05, 3.63) is 47.7 Å². The molecule has 1 amide bonds. The second kappa shape index (κ2) is 6.53. The van der Waals surface area contributed by atoms with E-state index in [9.17, 15) is 18.0 Å². The molecule has 122 valence electrons. The first-order valence-corrected chi connectivity index (χ1v) is 6.34. The lowest BCUT2D eigenvalue weighted by molar-refractivity contribution is -0.137. The van der Waals surface area contributed by atoms with E-state index in [0.29, 0.717) is 0 Å². The molecule has 0 spiro atoms. The molecule has 0 fully saturated rings. The highest BCUT2D eigenvalue weighted by Gasteiger charge is 2.31. The van der Waals surface area contributed by atoms with Gasteiger partial charge in [-0.2, -0.15) is 13.2 Å². The van der Waals surface area contributed by atoms with E-state index in [2.05, 4.69) is 10.3 Å². The second-order valence-corrected chi connectivity index (χ2v) is 4.48. The van der Waals surface area contributed by atoms with E-state index in [4.69, 9.17) is 10.6 Å². The predicted molar refractivity (Wildman–Crippen MR) is 77.2 cm³/mol. The van der Waals surface area contributed by atoms with Gasteiger partial charge in [-0.05, 0) is 24.3 Å². The Kier molecular flexibility index (Phi) is 4.70. The van der Waals surface area contributed by atoms with Gasteiger partial charge in [0.05, 0.1) is 12.7 Å². The lowest BCUT2D eigenvalue weighted by Crippen LogP contribution is -2.30. The number of amides is 1. The van der Waals surface area contributed by atoms with Gasteiger partial charge in [-0.15, -0.1) is 0 Å². The minimum atomic E-state index is -4.51. The Bertz CT molecular complexity index is 719. The third kappa shape index (κ3) is 4.10. The minimum absolute atomic E-state index is 0.0400. The molecule has 1 aromatic carbocycles. The largest absolute Gasteiger partial charge is 0.497 e. The van der Waals surface area contributed by atoms with Crippen molar-refractivity contribution in [2.45, 2.75) is 6.18 Å². The Balaban J connectivity index is 2.34. The monoisotopic (exact) mass is 326 g/mol. The fraction of sp³-hybridized carbons (Fsp3) is 0.143. The van der Waals surface area contributed by atoms with Crippen molar-refractivity contribution in [2.75, 3.05) is 12.4 Å². The van der Waals surface area contributed by atoms with Gasteiger partial charge in [-0.1, -0.05) is 0 Å². The van der Waals surface area contributed by atoms with E-state index in [-0.39, 0.29) is 22.8 Å². The summed E-state index contributed by atoms with van der Waals surface area (Å²) >= 11 is 0. The van der Waals surface area contributed by atoms with Gasteiger partial charge >= 0.3 is 6.18 Å². The van der Waals surface area contributed by atoms with Gasteiger partial charge in [0, 0.05) is 23.5 Å². The molecule has 0 radical (unpaired) electrons. The van der Waals surface area contributed by atoms with Crippen molar-refractivity contribution in [1.82, 2.24) is 10.4 Å². The molecule has 2 aromatic rings. The van der Waals surface area contributed by atoms with Crippen molar-refractivity contribution < 1.29 is 22.7 Å². The zero-order valence-corrected chi connectivity index (χ0v) is 11.9. The van der Waals surface area contributed by atoms with Crippen LogP contribution in [0.15, 0.2) is 36.5 Å². The highest BCUT2D eigenvalue weighted by atomic mass is 19.4. The van der Waals surface area contributed by atoms with Gasteiger partial charge in [0.2, 0.25) is 0 Å². The van der Waals surface area contributed by atoms with Gasteiger partial charge in [0.1, 0.15) is 11.6 Å². The number of halogens is 3. The third-order valence-electron chi connectivity index (χ3n) is 2.90. The zero-order valence-electron chi connectivity index (χ0n) is 11.9. The summed E-state index contributed by atoms with van der Waals surface area (Å²) in [5.41, 5.74) is 1.42. The Morgan fingerprint density at radius 1 is 1.26 bits per heavy atom. The summed E-state index contributed by atoms with van der Waals surface area (Å²) in [6.45, 7) is 0. The van der Waals surface area contributed by atoms with E-state index in [1.54, 1.807) is 0 Å². The molecule has 1 aromatic heterocycles. The van der Waals surface area contributed by atoms with Crippen LogP contribution in [-0.4, -0.2) is 18.0 Å². The molecule has 6 nitrogen and oxygen atoms in total. The van der Waals surface area contributed by atoms with E-state index in [1.807, 2.05) is 5.43 Å². The molecule has 1 heterocycles. The highest BCUT2D eigenvalue weighted by Crippen LogP contribution is 2.34. The summed E-state index contributed by atoms with van der Waals surface area (Å²) < 4.78 is 43.5. The zero-order chi connectivity index (χ0) is 17.0. The van der Waals surface area contributed by atoms with Crippen molar-refractivity contribution >= 4 is 17.4 Å². The number of methoxy groups -OCH3 is 1. The van der Waals surface area contributed by atoms with Gasteiger partial charge in [-0.3, -0.25) is 10.2 Å². The first-order valence-electron chi connectivity index (χ1n) is 6.34. The van der Waals surface area contributed by atoms with Crippen LogP contribution in [0.1, 0.15) is 15.9 Å². The fourth-order valence-corrected chi connectivity index (χ4v) is 1.82. The van der Waals surface area contributed by atoms with Crippen LogP contribution in [0.2, 0.25) is 0 Å². The lowest BCUT2D eigenvalue weighted by Gasteiger charge is -2.13. The third-order valence-corrected chi connectivity index (χ3v) is 2.90. The number of hydrogen-bond donors (Lipinski definition) is 3. The van der Waals surface area contributed by atoms with E-state index >= 15 is 0 Å². The van der Waals surface area contributed by atoms with E-state index in [1.165, 1.54) is 31.5 Å². The predicted octanol–water partition coefficient (Wildman–Crippen LogP) is 2.46. The number of nitrogens with zero attached hydrogens (tertiary/aromatic N) is 1. The Morgan fingerprint density at radius 2 is 2.00 bits per heavy atom. The summed E-state index contributed by atoms with van der Waals surface area (Å²) in [6.07, 6.45) is -3.18. The normalized spacial score (nSPS) is 11.0. The van der Waals surface area contributed by atoms with Crippen LogP contribution in [-0.2, 0) is 6.18 Å². The standard InChI is InChI=1S/C14H13F3N4O2/c1-23-11-6-9(14(15,16)17)5-10(7-11)20-12-4-8(2-3-19-12)13(22)21-18/h2-7H,18H2,1H3,(H,19,20)(H,21,22). The van der Waals surface area contributed by atoms with Gasteiger partial charge in [0.15, 0.2) is 0 Å². The molecule has 23 heavy (non-hydrogen) atoms. The summed E-state index contributed by atoms with van der Waals surface area (Å²) in [5.74, 6) is 4.71. The minimum Gasteiger partial charge on any atom is -0.497 e. The number of nitrogens with two attached hydrogens (primary N) is 1. The molecule has 4 N–H and O–H groups in total. The molecule has 0 unspecified atom stereocenters. The molecule has 0 aliphatic rings. The Labute approximate surface area is 129 Å². The van der Waals surface area contributed by atoms with Crippen molar-refractivity contribution in [1.29, 1.82) is 0 Å². The fourth-order valence-electron chi connectivity index (χ4n) is 1.82.